The molecule has 0 aliphatic carbocycles. The predicted octanol–water partition coefficient (Wildman–Crippen LogP) is 12.8. The van der Waals surface area contributed by atoms with Crippen LogP contribution in [0.4, 0.5) is 0 Å². The van der Waals surface area contributed by atoms with Crippen LogP contribution >= 0.6 is 46.4 Å². The van der Waals surface area contributed by atoms with Crippen LogP contribution in [0.3, 0.4) is 0 Å². The summed E-state index contributed by atoms with van der Waals surface area (Å²) in [5.41, 5.74) is 1.38. The number of rotatable bonds is 16. The number of hydrogen-bond acceptors (Lipinski definition) is 6. The number of nitrogens with zero attached hydrogens (tertiary/aromatic N) is 2. The third-order valence-corrected chi connectivity index (χ3v) is 14.5. The second-order valence-electron chi connectivity index (χ2n) is 18.3. The first kappa shape index (κ1) is 55.4. The summed E-state index contributed by atoms with van der Waals surface area (Å²) in [5, 5.41) is 43.4. The normalized spacial score (nSPS) is 24.7. The van der Waals surface area contributed by atoms with Crippen LogP contribution in [0.25, 0.3) is 0 Å². The summed E-state index contributed by atoms with van der Waals surface area (Å²) in [4.78, 5) is 55.1. The highest BCUT2D eigenvalue weighted by molar-refractivity contribution is 6.31. The molecule has 14 heteroatoms. The van der Waals surface area contributed by atoms with Crippen LogP contribution in [0.5, 0.6) is 0 Å². The Morgan fingerprint density at radius 2 is 0.881 bits per heavy atom. The van der Waals surface area contributed by atoms with Crippen LogP contribution in [0.15, 0.2) is 97.1 Å². The lowest BCUT2D eigenvalue weighted by Crippen LogP contribution is -2.58. The molecule has 0 bridgehead atoms. The van der Waals surface area contributed by atoms with E-state index in [9.17, 15) is 39.6 Å². The first-order valence-corrected chi connectivity index (χ1v) is 24.2. The number of likely N-dealkylation sites (tertiary alicyclic amines) is 2. The van der Waals surface area contributed by atoms with E-state index in [-0.39, 0.29) is 43.9 Å². The number of carboxylic acids is 2. The molecule has 0 radical (unpaired) electrons. The van der Waals surface area contributed by atoms with Crippen LogP contribution in [0.1, 0.15) is 147 Å². The van der Waals surface area contributed by atoms with Crippen molar-refractivity contribution in [1.29, 1.82) is 0 Å². The van der Waals surface area contributed by atoms with Gasteiger partial charge in [0.05, 0.1) is 60.0 Å². The minimum absolute atomic E-state index is 0. The van der Waals surface area contributed by atoms with Crippen LogP contribution < -0.4 is 0 Å². The van der Waals surface area contributed by atoms with Gasteiger partial charge in [-0.1, -0.05) is 144 Å². The fourth-order valence-corrected chi connectivity index (χ4v) is 11.0. The second kappa shape index (κ2) is 23.9. The highest BCUT2D eigenvalue weighted by atomic mass is 35.5. The Balaban J connectivity index is 0.000000288. The fraction of sp³-hybridized carbons (Fsp3) is 0.472. The quantitative estimate of drug-likeness (QED) is 0.0865. The highest BCUT2D eigenvalue weighted by Gasteiger charge is 2.54. The molecule has 10 atom stereocenters. The Kier molecular flexibility index (Phi) is 19.8. The van der Waals surface area contributed by atoms with Crippen molar-refractivity contribution >= 4 is 70.2 Å². The van der Waals surface area contributed by atoms with E-state index in [1.807, 2.05) is 88.4 Å². The lowest BCUT2D eigenvalue weighted by atomic mass is 9.66. The Morgan fingerprint density at radius 3 is 1.15 bits per heavy atom. The third kappa shape index (κ3) is 12.7. The topological polar surface area (TPSA) is 156 Å². The van der Waals surface area contributed by atoms with Gasteiger partial charge in [-0.3, -0.25) is 19.2 Å². The molecule has 0 aromatic heterocycles. The molecule has 67 heavy (non-hydrogen) atoms. The summed E-state index contributed by atoms with van der Waals surface area (Å²) in [7, 11) is 0. The van der Waals surface area contributed by atoms with Crippen molar-refractivity contribution in [2.24, 2.45) is 10.8 Å². The van der Waals surface area contributed by atoms with Crippen LogP contribution in [0.2, 0.25) is 20.1 Å². The van der Waals surface area contributed by atoms with Gasteiger partial charge in [-0.15, -0.1) is 0 Å². The average molecular weight is 1000 g/mol. The van der Waals surface area contributed by atoms with Gasteiger partial charge in [-0.05, 0) is 109 Å². The number of aliphatic hydroxyl groups is 2. The number of aliphatic hydroxyl groups excluding tert-OH is 2. The van der Waals surface area contributed by atoms with Crippen molar-refractivity contribution in [2.45, 2.75) is 149 Å². The number of hydrogen-bond donors (Lipinski definition) is 4. The summed E-state index contributed by atoms with van der Waals surface area (Å²) in [6, 6.07) is 28.0. The van der Waals surface area contributed by atoms with E-state index in [0.717, 1.165) is 22.3 Å². The van der Waals surface area contributed by atoms with Gasteiger partial charge in [-0.2, -0.15) is 0 Å². The highest BCUT2D eigenvalue weighted by Crippen LogP contribution is 2.54. The van der Waals surface area contributed by atoms with Gasteiger partial charge in [0.25, 0.3) is 0 Å². The second-order valence-corrected chi connectivity index (χ2v) is 20.1. The molecule has 2 heterocycles. The van der Waals surface area contributed by atoms with Gasteiger partial charge in [0.1, 0.15) is 0 Å². The van der Waals surface area contributed by atoms with Crippen molar-refractivity contribution in [3.05, 3.63) is 139 Å². The molecule has 2 aliphatic rings. The van der Waals surface area contributed by atoms with Crippen LogP contribution in [0, 0.1) is 10.8 Å². The monoisotopic (exact) mass is 998 g/mol. The van der Waals surface area contributed by atoms with E-state index >= 15 is 0 Å². The number of carbonyl (C=O) groups excluding carboxylic acids is 2. The van der Waals surface area contributed by atoms with E-state index in [2.05, 4.69) is 0 Å². The molecule has 4 aromatic rings. The molecule has 0 unspecified atom stereocenters. The van der Waals surface area contributed by atoms with Crippen LogP contribution in [-0.4, -0.2) is 78.3 Å². The largest absolute Gasteiger partial charge is 0.481 e. The van der Waals surface area contributed by atoms with E-state index in [0.29, 0.717) is 58.6 Å². The summed E-state index contributed by atoms with van der Waals surface area (Å²) >= 11 is 25.0. The molecule has 2 saturated heterocycles. The molecule has 364 valence electrons. The first-order valence-electron chi connectivity index (χ1n) is 22.7. The zero-order chi connectivity index (χ0) is 48.7. The minimum Gasteiger partial charge on any atom is -0.481 e. The van der Waals surface area contributed by atoms with Gasteiger partial charge in [0.2, 0.25) is 11.8 Å². The third-order valence-electron chi connectivity index (χ3n) is 13.5. The van der Waals surface area contributed by atoms with Crippen molar-refractivity contribution < 1.29 is 39.6 Å². The van der Waals surface area contributed by atoms with Crippen LogP contribution in [-0.2, 0) is 19.2 Å². The average Bonchev–Trinajstić information content (AvgIpc) is 3.27. The molecule has 0 saturated carbocycles. The molecule has 4 aromatic carbocycles. The number of carbonyl (C=O) groups is 4. The zero-order valence-corrected chi connectivity index (χ0v) is 41.4. The molecular weight excluding hydrogens is 934 g/mol. The maximum Gasteiger partial charge on any atom is 0.304 e. The SMILES string of the molecule is C.CC[C@@H](O)[C@H](CC)N1C(=O)[C@@](C)(CC(=O)O)C[C@H](c2cccc(Cl)c2)[C@H]1c1ccc(Cl)cc1.CC[C@H](O)[C@H](CC)N1C(=O)[C@@](C)(CC(=O)O)C[C@H](c2cccc(Cl)c2)[C@H]1c1ccc(Cl)cc1. The van der Waals surface area contributed by atoms with Gasteiger partial charge in [0.15, 0.2) is 0 Å². The van der Waals surface area contributed by atoms with Gasteiger partial charge in [0, 0.05) is 31.9 Å². The Bertz CT molecular complexity index is 2150. The van der Waals surface area contributed by atoms with Gasteiger partial charge < -0.3 is 30.2 Å². The molecule has 2 aliphatic heterocycles. The Labute approximate surface area is 416 Å². The zero-order valence-electron chi connectivity index (χ0n) is 38.3. The number of carboxylic acid groups (broad SMARTS) is 2. The van der Waals surface area contributed by atoms with E-state index in [1.165, 1.54) is 0 Å². The molecule has 0 spiro atoms. The number of halogens is 4. The van der Waals surface area contributed by atoms with E-state index in [1.54, 1.807) is 60.0 Å². The summed E-state index contributed by atoms with van der Waals surface area (Å²) < 4.78 is 0. The maximum absolute atomic E-state index is 14.0. The Hall–Kier alpha value is -4.16. The lowest BCUT2D eigenvalue weighted by Gasteiger charge is -2.52. The van der Waals surface area contributed by atoms with E-state index in [4.69, 9.17) is 46.4 Å². The summed E-state index contributed by atoms with van der Waals surface area (Å²) in [5.74, 6) is -2.98. The summed E-state index contributed by atoms with van der Waals surface area (Å²) in [6.07, 6.45) is 0.688. The number of aliphatic carboxylic acids is 2. The number of piperidine rings is 2. The first-order chi connectivity index (χ1) is 31.2. The van der Waals surface area contributed by atoms with Crippen molar-refractivity contribution in [1.82, 2.24) is 9.80 Å². The van der Waals surface area contributed by atoms with E-state index < -0.39 is 59.1 Å². The maximum atomic E-state index is 14.0. The Morgan fingerprint density at radius 1 is 0.552 bits per heavy atom. The molecule has 4 N–H and O–H groups in total. The summed E-state index contributed by atoms with van der Waals surface area (Å²) in [6.45, 7) is 11.1. The number of amides is 2. The fourth-order valence-electron chi connectivity index (χ4n) is 10.3. The predicted molar refractivity (Wildman–Crippen MR) is 268 cm³/mol. The van der Waals surface area contributed by atoms with Crippen molar-refractivity contribution in [3.63, 3.8) is 0 Å². The lowest BCUT2D eigenvalue weighted by molar-refractivity contribution is -0.163. The molecule has 2 fully saturated rings. The standard InChI is InChI=1S/2C26H31Cl2NO4.CH4/c2*1-4-21(22(30)5-2)29-24(16-9-11-18(27)12-10-16)20(17-7-6-8-19(28)13-17)14-26(3,25(29)33)15-23(31)32;/h2*6-13,20-22,24,30H,4-5,14-15H2,1-3H3,(H,31,32);1H4/t20-,21+,22+,24-,26-;20-,21+,22-,24-,26-;/m11./s1. The van der Waals surface area contributed by atoms with Crippen molar-refractivity contribution in [3.8, 4) is 0 Å². The number of benzene rings is 4. The molecule has 10 nitrogen and oxygen atoms in total. The van der Waals surface area contributed by atoms with Gasteiger partial charge in [-0.25, -0.2) is 0 Å². The van der Waals surface area contributed by atoms with Gasteiger partial charge >= 0.3 is 11.9 Å². The molecular formula is C53H66Cl4N2O8. The minimum atomic E-state index is -1.12. The molecule has 6 rings (SSSR count). The van der Waals surface area contributed by atoms with Crippen molar-refractivity contribution in [2.75, 3.05) is 0 Å². The smallest absolute Gasteiger partial charge is 0.304 e. The molecule has 2 amide bonds.